The van der Waals surface area contributed by atoms with Crippen LogP contribution >= 0.6 is 11.8 Å². The molecule has 1 aromatic carbocycles. The van der Waals surface area contributed by atoms with Crippen LogP contribution in [0.1, 0.15) is 20.8 Å². The number of carbonyl (C=O) groups excluding carboxylic acids is 1. The number of rotatable bonds is 3. The normalized spacial score (nSPS) is 11.5. The van der Waals surface area contributed by atoms with Crippen LogP contribution in [0.15, 0.2) is 29.2 Å². The summed E-state index contributed by atoms with van der Waals surface area (Å²) in [4.78, 5) is 12.1. The summed E-state index contributed by atoms with van der Waals surface area (Å²) < 4.78 is 13.2. The summed E-state index contributed by atoms with van der Waals surface area (Å²) in [7, 11) is 0. The molecule has 0 unspecified atom stereocenters. The van der Waals surface area contributed by atoms with Crippen LogP contribution in [0.25, 0.3) is 0 Å². The van der Waals surface area contributed by atoms with E-state index >= 15 is 0 Å². The van der Waals surface area contributed by atoms with E-state index in [1.807, 2.05) is 20.8 Å². The zero-order valence-corrected chi connectivity index (χ0v) is 10.0. The molecule has 0 aromatic heterocycles. The molecule has 15 heavy (non-hydrogen) atoms. The highest BCUT2D eigenvalue weighted by atomic mass is 32.2. The second-order valence-corrected chi connectivity index (χ2v) is 5.41. The van der Waals surface area contributed by atoms with E-state index in [9.17, 15) is 9.18 Å². The van der Waals surface area contributed by atoms with E-state index < -0.39 is 0 Å². The van der Waals surface area contributed by atoms with Gasteiger partial charge in [-0.05, 0) is 12.1 Å². The van der Waals surface area contributed by atoms with Gasteiger partial charge in [-0.1, -0.05) is 32.9 Å². The number of ketones is 1. The molecule has 0 saturated carbocycles. The topological polar surface area (TPSA) is 17.1 Å². The van der Waals surface area contributed by atoms with Gasteiger partial charge in [0, 0.05) is 10.3 Å². The van der Waals surface area contributed by atoms with Crippen LogP contribution in [0.4, 0.5) is 4.39 Å². The van der Waals surface area contributed by atoms with E-state index in [0.717, 1.165) is 0 Å². The zero-order chi connectivity index (χ0) is 11.5. The number of hydrogen-bond acceptors (Lipinski definition) is 2. The summed E-state index contributed by atoms with van der Waals surface area (Å²) in [6, 6.07) is 6.51. The molecule has 1 aromatic rings. The van der Waals surface area contributed by atoms with E-state index in [4.69, 9.17) is 0 Å². The van der Waals surface area contributed by atoms with Gasteiger partial charge in [-0.2, -0.15) is 0 Å². The molecule has 0 spiro atoms. The molecule has 0 heterocycles. The lowest BCUT2D eigenvalue weighted by Gasteiger charge is -2.15. The van der Waals surface area contributed by atoms with Crippen LogP contribution in [0.3, 0.4) is 0 Å². The van der Waals surface area contributed by atoms with Crippen molar-refractivity contribution in [2.45, 2.75) is 25.7 Å². The van der Waals surface area contributed by atoms with Gasteiger partial charge in [0.25, 0.3) is 0 Å². The number of carbonyl (C=O) groups is 1. The molecule has 0 aliphatic rings. The van der Waals surface area contributed by atoms with E-state index in [0.29, 0.717) is 10.6 Å². The summed E-state index contributed by atoms with van der Waals surface area (Å²) in [5.74, 6) is 0.199. The van der Waals surface area contributed by atoms with Crippen molar-refractivity contribution < 1.29 is 9.18 Å². The van der Waals surface area contributed by atoms with Crippen molar-refractivity contribution in [2.24, 2.45) is 5.41 Å². The van der Waals surface area contributed by atoms with Gasteiger partial charge < -0.3 is 0 Å². The summed E-state index contributed by atoms with van der Waals surface area (Å²) >= 11 is 1.26. The fourth-order valence-electron chi connectivity index (χ4n) is 0.922. The minimum absolute atomic E-state index is 0.135. The lowest BCUT2D eigenvalue weighted by Crippen LogP contribution is -2.21. The zero-order valence-electron chi connectivity index (χ0n) is 9.21. The highest BCUT2D eigenvalue weighted by molar-refractivity contribution is 8.00. The standard InChI is InChI=1S/C12H15FOS/c1-12(2,3)11(14)8-15-10-7-5-4-6-9(10)13/h4-7H,8H2,1-3H3. The van der Waals surface area contributed by atoms with Crippen molar-refractivity contribution in [2.75, 3.05) is 5.75 Å². The van der Waals surface area contributed by atoms with Gasteiger partial charge in [0.1, 0.15) is 11.6 Å². The van der Waals surface area contributed by atoms with Gasteiger partial charge in [0.15, 0.2) is 0 Å². The van der Waals surface area contributed by atoms with Crippen LogP contribution in [0.5, 0.6) is 0 Å². The summed E-state index contributed by atoms with van der Waals surface area (Å²) in [5.41, 5.74) is -0.349. The van der Waals surface area contributed by atoms with Gasteiger partial charge in [-0.3, -0.25) is 4.79 Å². The predicted molar refractivity (Wildman–Crippen MR) is 61.6 cm³/mol. The van der Waals surface area contributed by atoms with Crippen LogP contribution in [-0.4, -0.2) is 11.5 Å². The SMILES string of the molecule is CC(C)(C)C(=O)CSc1ccccc1F. The largest absolute Gasteiger partial charge is 0.298 e. The summed E-state index contributed by atoms with van der Waals surface area (Å²) in [6.45, 7) is 5.62. The molecule has 3 heteroatoms. The molecule has 0 amide bonds. The Bertz CT molecular complexity index is 355. The third kappa shape index (κ3) is 3.67. The number of Topliss-reactive ketones (excluding diaryl/α,β-unsaturated/α-hetero) is 1. The first kappa shape index (κ1) is 12.2. The molecule has 1 rings (SSSR count). The third-order valence-corrected chi connectivity index (χ3v) is 3.08. The van der Waals surface area contributed by atoms with Gasteiger partial charge in [0.2, 0.25) is 0 Å². The lowest BCUT2D eigenvalue weighted by atomic mass is 9.92. The maximum absolute atomic E-state index is 13.2. The Morgan fingerprint density at radius 3 is 2.47 bits per heavy atom. The van der Waals surface area contributed by atoms with Crippen molar-refractivity contribution in [3.05, 3.63) is 30.1 Å². The fraction of sp³-hybridized carbons (Fsp3) is 0.417. The number of hydrogen-bond donors (Lipinski definition) is 0. The number of thioether (sulfide) groups is 1. The average molecular weight is 226 g/mol. The number of halogens is 1. The smallest absolute Gasteiger partial charge is 0.148 e. The van der Waals surface area contributed by atoms with Crippen molar-refractivity contribution in [3.63, 3.8) is 0 Å². The molecule has 1 nitrogen and oxygen atoms in total. The molecule has 82 valence electrons. The highest BCUT2D eigenvalue weighted by Crippen LogP contribution is 2.24. The van der Waals surface area contributed by atoms with E-state index in [2.05, 4.69) is 0 Å². The third-order valence-electron chi connectivity index (χ3n) is 2.03. The van der Waals surface area contributed by atoms with E-state index in [1.165, 1.54) is 17.8 Å². The maximum Gasteiger partial charge on any atom is 0.148 e. The van der Waals surface area contributed by atoms with Crippen molar-refractivity contribution >= 4 is 17.5 Å². The molecule has 0 aliphatic carbocycles. The Hall–Kier alpha value is -0.830. The Labute approximate surface area is 94.1 Å². The molecule has 0 N–H and O–H groups in total. The molecule has 0 atom stereocenters. The minimum Gasteiger partial charge on any atom is -0.298 e. The summed E-state index contributed by atoms with van der Waals surface area (Å²) in [6.07, 6.45) is 0. The van der Waals surface area contributed by atoms with Crippen LogP contribution in [0.2, 0.25) is 0 Å². The van der Waals surface area contributed by atoms with Gasteiger partial charge >= 0.3 is 0 Å². The van der Waals surface area contributed by atoms with Crippen LogP contribution < -0.4 is 0 Å². The first-order valence-electron chi connectivity index (χ1n) is 4.82. The minimum atomic E-state index is -0.349. The van der Waals surface area contributed by atoms with E-state index in [1.54, 1.807) is 18.2 Å². The fourth-order valence-corrected chi connectivity index (χ4v) is 2.02. The Morgan fingerprint density at radius 1 is 1.33 bits per heavy atom. The van der Waals surface area contributed by atoms with Crippen molar-refractivity contribution in [1.82, 2.24) is 0 Å². The van der Waals surface area contributed by atoms with Crippen LogP contribution in [-0.2, 0) is 4.79 Å². The van der Waals surface area contributed by atoms with Crippen molar-refractivity contribution in [3.8, 4) is 0 Å². The molecular weight excluding hydrogens is 211 g/mol. The van der Waals surface area contributed by atoms with Gasteiger partial charge in [0.05, 0.1) is 5.75 Å². The van der Waals surface area contributed by atoms with Crippen LogP contribution in [0, 0.1) is 11.2 Å². The van der Waals surface area contributed by atoms with Crippen molar-refractivity contribution in [1.29, 1.82) is 0 Å². The summed E-state index contributed by atoms with van der Waals surface area (Å²) in [5, 5.41) is 0. The molecular formula is C12H15FOS. The monoisotopic (exact) mass is 226 g/mol. The molecule has 0 aliphatic heterocycles. The molecule has 0 radical (unpaired) electrons. The quantitative estimate of drug-likeness (QED) is 0.733. The average Bonchev–Trinajstić information content (AvgIpc) is 2.14. The number of benzene rings is 1. The molecule has 0 bridgehead atoms. The van der Waals surface area contributed by atoms with E-state index in [-0.39, 0.29) is 17.0 Å². The molecule has 0 saturated heterocycles. The lowest BCUT2D eigenvalue weighted by molar-refractivity contribution is -0.123. The predicted octanol–water partition coefficient (Wildman–Crippen LogP) is 3.53. The maximum atomic E-state index is 13.2. The first-order valence-corrected chi connectivity index (χ1v) is 5.80. The van der Waals surface area contributed by atoms with Gasteiger partial charge in [-0.15, -0.1) is 11.8 Å². The van der Waals surface area contributed by atoms with Gasteiger partial charge in [-0.25, -0.2) is 4.39 Å². The molecule has 0 fully saturated rings. The first-order chi connectivity index (χ1) is 6.91. The second-order valence-electron chi connectivity index (χ2n) is 4.39. The second kappa shape index (κ2) is 4.79. The Kier molecular flexibility index (Phi) is 3.91. The highest BCUT2D eigenvalue weighted by Gasteiger charge is 2.21. The Balaban J connectivity index is 2.59. The Morgan fingerprint density at radius 2 is 1.93 bits per heavy atom.